The summed E-state index contributed by atoms with van der Waals surface area (Å²) in [5.41, 5.74) is 1.14. The first-order valence-electron chi connectivity index (χ1n) is 8.72. The Bertz CT molecular complexity index is 369. The molecule has 4 aliphatic rings. The minimum Gasteiger partial charge on any atom is -0.313 e. The molecule has 0 amide bonds. The summed E-state index contributed by atoms with van der Waals surface area (Å²) in [6.07, 6.45) is 10.6. The highest BCUT2D eigenvalue weighted by atomic mass is 15.0. The predicted octanol–water partition coefficient (Wildman–Crippen LogP) is 4.23. The Kier molecular flexibility index (Phi) is 2.67. The number of fused-ring (bicyclic) bond motifs is 4. The third-order valence-electron chi connectivity index (χ3n) is 7.74. The normalized spacial score (nSPS) is 54.2. The summed E-state index contributed by atoms with van der Waals surface area (Å²) in [7, 11) is 0. The van der Waals surface area contributed by atoms with Crippen molar-refractivity contribution in [3.05, 3.63) is 0 Å². The molecule has 0 aromatic rings. The highest BCUT2D eigenvalue weighted by Gasteiger charge is 2.59. The van der Waals surface area contributed by atoms with Crippen LogP contribution in [0, 0.1) is 34.5 Å². The van der Waals surface area contributed by atoms with Crippen LogP contribution in [0.1, 0.15) is 65.7 Å². The van der Waals surface area contributed by atoms with E-state index in [9.17, 15) is 0 Å². The van der Waals surface area contributed by atoms with Crippen molar-refractivity contribution in [2.24, 2.45) is 34.5 Å². The van der Waals surface area contributed by atoms with E-state index in [-0.39, 0.29) is 0 Å². The van der Waals surface area contributed by atoms with Gasteiger partial charge in [0.1, 0.15) is 0 Å². The van der Waals surface area contributed by atoms with Gasteiger partial charge in [0.2, 0.25) is 0 Å². The second kappa shape index (κ2) is 4.00. The van der Waals surface area contributed by atoms with Crippen molar-refractivity contribution in [1.82, 2.24) is 5.32 Å². The van der Waals surface area contributed by atoms with Gasteiger partial charge in [-0.15, -0.1) is 0 Å². The summed E-state index contributed by atoms with van der Waals surface area (Å²) in [5, 5.41) is 4.07. The van der Waals surface area contributed by atoms with Gasteiger partial charge in [-0.2, -0.15) is 0 Å². The van der Waals surface area contributed by atoms with Gasteiger partial charge in [0.15, 0.2) is 0 Å². The first-order valence-corrected chi connectivity index (χ1v) is 8.72. The summed E-state index contributed by atoms with van der Waals surface area (Å²) in [4.78, 5) is 0. The smallest absolute Gasteiger partial charge is 0.0175 e. The van der Waals surface area contributed by atoms with Crippen molar-refractivity contribution in [3.8, 4) is 0 Å². The predicted molar refractivity (Wildman–Crippen MR) is 80.0 cm³/mol. The number of nitrogens with one attached hydrogen (secondary N) is 1. The lowest BCUT2D eigenvalue weighted by atomic mass is 9.68. The fraction of sp³-hybridized carbons (Fsp3) is 1.00. The van der Waals surface area contributed by atoms with Crippen LogP contribution in [0.15, 0.2) is 0 Å². The Morgan fingerprint density at radius 3 is 2.47 bits per heavy atom. The molecular formula is C18H31N. The van der Waals surface area contributed by atoms with Crippen molar-refractivity contribution in [2.45, 2.75) is 71.8 Å². The summed E-state index contributed by atoms with van der Waals surface area (Å²) in [6.45, 7) is 8.93. The van der Waals surface area contributed by atoms with Crippen molar-refractivity contribution >= 4 is 0 Å². The highest BCUT2D eigenvalue weighted by molar-refractivity contribution is 5.12. The van der Waals surface area contributed by atoms with Crippen LogP contribution in [0.3, 0.4) is 0 Å². The lowest BCUT2D eigenvalue weighted by Crippen LogP contribution is -2.51. The molecule has 19 heavy (non-hydrogen) atoms. The SMILES string of the molecule is CC1(C)C(NCC2CC3CCC2C3)[C@]2(C)CC[C@H]1C2. The van der Waals surface area contributed by atoms with Gasteiger partial charge < -0.3 is 5.32 Å². The maximum absolute atomic E-state index is 4.07. The maximum Gasteiger partial charge on any atom is 0.0175 e. The fourth-order valence-electron chi connectivity index (χ4n) is 6.71. The molecule has 4 fully saturated rings. The van der Waals surface area contributed by atoms with Crippen molar-refractivity contribution < 1.29 is 0 Å². The molecular weight excluding hydrogens is 230 g/mol. The molecule has 0 saturated heterocycles. The standard InChI is InChI=1S/C18H31N/c1-17(2)15-6-7-18(3,10-15)16(17)19-11-14-9-12-4-5-13(14)8-12/h12-16,19H,4-11H2,1-3H3/t12?,13?,14?,15-,16?,18+/m0/s1. The highest BCUT2D eigenvalue weighted by Crippen LogP contribution is 2.62. The fourth-order valence-corrected chi connectivity index (χ4v) is 6.71. The summed E-state index contributed by atoms with van der Waals surface area (Å²) in [5.74, 6) is 4.17. The van der Waals surface area contributed by atoms with E-state index in [1.165, 1.54) is 45.1 Å². The zero-order chi connectivity index (χ0) is 13.3. The Labute approximate surface area is 118 Å². The topological polar surface area (TPSA) is 12.0 Å². The van der Waals surface area contributed by atoms with Crippen molar-refractivity contribution in [2.75, 3.05) is 6.54 Å². The summed E-state index contributed by atoms with van der Waals surface area (Å²) in [6, 6.07) is 0.776. The molecule has 4 saturated carbocycles. The molecule has 0 heterocycles. The van der Waals surface area contributed by atoms with Crippen LogP contribution in [0.4, 0.5) is 0 Å². The molecule has 0 spiro atoms. The van der Waals surface area contributed by atoms with Crippen LogP contribution in [0.2, 0.25) is 0 Å². The zero-order valence-corrected chi connectivity index (χ0v) is 13.0. The van der Waals surface area contributed by atoms with Crippen LogP contribution in [-0.2, 0) is 0 Å². The first-order chi connectivity index (χ1) is 8.99. The Balaban J connectivity index is 1.42. The van der Waals surface area contributed by atoms with Crippen LogP contribution in [0.25, 0.3) is 0 Å². The van der Waals surface area contributed by atoms with Crippen molar-refractivity contribution in [1.29, 1.82) is 0 Å². The van der Waals surface area contributed by atoms with E-state index < -0.39 is 0 Å². The van der Waals surface area contributed by atoms with E-state index in [2.05, 4.69) is 26.1 Å². The summed E-state index contributed by atoms with van der Waals surface area (Å²) >= 11 is 0. The van der Waals surface area contributed by atoms with E-state index in [1.807, 2.05) is 0 Å². The molecule has 0 aromatic carbocycles. The number of rotatable bonds is 3. The molecule has 1 heteroatoms. The molecule has 6 atom stereocenters. The maximum atomic E-state index is 4.07. The molecule has 0 radical (unpaired) electrons. The van der Waals surface area contributed by atoms with Gasteiger partial charge in [0.05, 0.1) is 0 Å². The molecule has 4 bridgehead atoms. The van der Waals surface area contributed by atoms with E-state index >= 15 is 0 Å². The number of hydrogen-bond acceptors (Lipinski definition) is 1. The van der Waals surface area contributed by atoms with Gasteiger partial charge >= 0.3 is 0 Å². The van der Waals surface area contributed by atoms with E-state index in [4.69, 9.17) is 0 Å². The third kappa shape index (κ3) is 1.76. The molecule has 1 nitrogen and oxygen atoms in total. The van der Waals surface area contributed by atoms with Gasteiger partial charge in [-0.05, 0) is 79.6 Å². The molecule has 4 unspecified atom stereocenters. The van der Waals surface area contributed by atoms with Crippen LogP contribution in [0.5, 0.6) is 0 Å². The molecule has 0 aliphatic heterocycles. The number of hydrogen-bond donors (Lipinski definition) is 1. The van der Waals surface area contributed by atoms with E-state index in [1.54, 1.807) is 6.42 Å². The lowest BCUT2D eigenvalue weighted by Gasteiger charge is -2.44. The van der Waals surface area contributed by atoms with Crippen LogP contribution < -0.4 is 5.32 Å². The largest absolute Gasteiger partial charge is 0.313 e. The first kappa shape index (κ1) is 12.7. The average molecular weight is 261 g/mol. The second-order valence-corrected chi connectivity index (χ2v) is 9.19. The lowest BCUT2D eigenvalue weighted by molar-refractivity contribution is 0.101. The average Bonchev–Trinajstić information content (AvgIpc) is 3.05. The van der Waals surface area contributed by atoms with Gasteiger partial charge in [-0.3, -0.25) is 0 Å². The molecule has 0 aromatic heterocycles. The third-order valence-corrected chi connectivity index (χ3v) is 7.74. The Morgan fingerprint density at radius 1 is 1.05 bits per heavy atom. The minimum absolute atomic E-state index is 0.532. The van der Waals surface area contributed by atoms with Gasteiger partial charge in [0, 0.05) is 6.04 Å². The Morgan fingerprint density at radius 2 is 1.89 bits per heavy atom. The minimum atomic E-state index is 0.532. The van der Waals surface area contributed by atoms with Gasteiger partial charge in [-0.1, -0.05) is 27.2 Å². The van der Waals surface area contributed by atoms with Gasteiger partial charge in [0.25, 0.3) is 0 Å². The molecule has 108 valence electrons. The zero-order valence-electron chi connectivity index (χ0n) is 13.0. The molecule has 1 N–H and O–H groups in total. The van der Waals surface area contributed by atoms with Crippen LogP contribution in [-0.4, -0.2) is 12.6 Å². The quantitative estimate of drug-likeness (QED) is 0.802. The Hall–Kier alpha value is -0.0400. The van der Waals surface area contributed by atoms with Crippen LogP contribution >= 0.6 is 0 Å². The second-order valence-electron chi connectivity index (χ2n) is 9.19. The molecule has 4 aliphatic carbocycles. The van der Waals surface area contributed by atoms with Crippen molar-refractivity contribution in [3.63, 3.8) is 0 Å². The van der Waals surface area contributed by atoms with Gasteiger partial charge in [-0.25, -0.2) is 0 Å². The molecule has 4 rings (SSSR count). The van der Waals surface area contributed by atoms with E-state index in [0.717, 1.165) is 29.7 Å². The van der Waals surface area contributed by atoms with E-state index in [0.29, 0.717) is 10.8 Å². The summed E-state index contributed by atoms with van der Waals surface area (Å²) < 4.78 is 0. The monoisotopic (exact) mass is 261 g/mol.